The molecule has 3 aromatic rings. The summed E-state index contributed by atoms with van der Waals surface area (Å²) < 4.78 is 5.22. The molecule has 2 aromatic carbocycles. The Morgan fingerprint density at radius 2 is 1.96 bits per heavy atom. The number of likely N-dealkylation sites (N-methyl/N-ethyl adjacent to an activating group) is 1. The Morgan fingerprint density at radius 3 is 2.70 bits per heavy atom. The van der Waals surface area contributed by atoms with E-state index in [2.05, 4.69) is 11.2 Å². The maximum absolute atomic E-state index is 12.4. The summed E-state index contributed by atoms with van der Waals surface area (Å²) in [5.41, 5.74) is 2.92. The highest BCUT2D eigenvalue weighted by Gasteiger charge is 2.15. The highest BCUT2D eigenvalue weighted by molar-refractivity contribution is 5.86. The SMILES string of the molecule is CN(Cc1ccc(C#N)cc1)C(=O)Cc1noc2ccccc12. The van der Waals surface area contributed by atoms with E-state index in [0.29, 0.717) is 23.4 Å². The van der Waals surface area contributed by atoms with Crippen molar-refractivity contribution in [3.8, 4) is 6.07 Å². The first kappa shape index (κ1) is 14.8. The summed E-state index contributed by atoms with van der Waals surface area (Å²) in [6.07, 6.45) is 0.198. The molecule has 0 aliphatic heterocycles. The summed E-state index contributed by atoms with van der Waals surface area (Å²) in [5, 5.41) is 13.7. The van der Waals surface area contributed by atoms with Crippen LogP contribution in [-0.2, 0) is 17.8 Å². The Morgan fingerprint density at radius 1 is 1.22 bits per heavy atom. The van der Waals surface area contributed by atoms with Crippen molar-refractivity contribution >= 4 is 16.9 Å². The smallest absolute Gasteiger partial charge is 0.228 e. The average molecular weight is 305 g/mol. The number of benzene rings is 2. The molecule has 5 heteroatoms. The van der Waals surface area contributed by atoms with Crippen LogP contribution in [0.4, 0.5) is 0 Å². The van der Waals surface area contributed by atoms with Crippen LogP contribution in [0.3, 0.4) is 0 Å². The Bertz CT molecular complexity index is 875. The molecule has 0 radical (unpaired) electrons. The molecule has 0 aliphatic carbocycles. The van der Waals surface area contributed by atoms with Crippen LogP contribution >= 0.6 is 0 Å². The van der Waals surface area contributed by atoms with Crippen molar-refractivity contribution in [3.05, 3.63) is 65.4 Å². The van der Waals surface area contributed by atoms with Crippen LogP contribution < -0.4 is 0 Å². The third kappa shape index (κ3) is 3.22. The summed E-state index contributed by atoms with van der Waals surface area (Å²) >= 11 is 0. The van der Waals surface area contributed by atoms with E-state index in [9.17, 15) is 4.79 Å². The molecular formula is C18H15N3O2. The van der Waals surface area contributed by atoms with Crippen molar-refractivity contribution in [1.29, 1.82) is 5.26 Å². The maximum atomic E-state index is 12.4. The third-order valence-corrected chi connectivity index (χ3v) is 3.70. The lowest BCUT2D eigenvalue weighted by Gasteiger charge is -2.16. The quantitative estimate of drug-likeness (QED) is 0.743. The number of hydrogen-bond acceptors (Lipinski definition) is 4. The second-order valence-corrected chi connectivity index (χ2v) is 5.36. The van der Waals surface area contributed by atoms with Crippen LogP contribution in [-0.4, -0.2) is 23.0 Å². The second-order valence-electron chi connectivity index (χ2n) is 5.36. The zero-order chi connectivity index (χ0) is 16.2. The van der Waals surface area contributed by atoms with Crippen LogP contribution in [0.25, 0.3) is 11.0 Å². The van der Waals surface area contributed by atoms with E-state index in [1.807, 2.05) is 36.4 Å². The lowest BCUT2D eigenvalue weighted by molar-refractivity contribution is -0.129. The van der Waals surface area contributed by atoms with Crippen molar-refractivity contribution in [1.82, 2.24) is 10.1 Å². The number of fused-ring (bicyclic) bond motifs is 1. The lowest BCUT2D eigenvalue weighted by Crippen LogP contribution is -2.27. The number of para-hydroxylation sites is 1. The van der Waals surface area contributed by atoms with E-state index < -0.39 is 0 Å². The van der Waals surface area contributed by atoms with Crippen LogP contribution in [0, 0.1) is 11.3 Å². The van der Waals surface area contributed by atoms with Gasteiger partial charge in [-0.15, -0.1) is 0 Å². The molecule has 0 saturated heterocycles. The molecule has 114 valence electrons. The van der Waals surface area contributed by atoms with Gasteiger partial charge in [0.1, 0.15) is 5.69 Å². The number of amides is 1. The van der Waals surface area contributed by atoms with Gasteiger partial charge in [-0.2, -0.15) is 5.26 Å². The molecule has 0 N–H and O–H groups in total. The molecule has 0 saturated carbocycles. The van der Waals surface area contributed by atoms with Gasteiger partial charge in [-0.05, 0) is 29.8 Å². The van der Waals surface area contributed by atoms with Crippen LogP contribution in [0.1, 0.15) is 16.8 Å². The molecule has 0 atom stereocenters. The molecule has 0 aliphatic rings. The van der Waals surface area contributed by atoms with Crippen molar-refractivity contribution in [2.75, 3.05) is 7.05 Å². The standard InChI is InChI=1S/C18H15N3O2/c1-21(12-14-8-6-13(11-19)7-9-14)18(22)10-16-15-4-2-3-5-17(15)23-20-16/h2-9H,10,12H2,1H3. The highest BCUT2D eigenvalue weighted by atomic mass is 16.5. The normalized spacial score (nSPS) is 10.4. The Balaban J connectivity index is 1.68. The van der Waals surface area contributed by atoms with Gasteiger partial charge in [0, 0.05) is 19.0 Å². The monoisotopic (exact) mass is 305 g/mol. The minimum absolute atomic E-state index is 0.0339. The van der Waals surface area contributed by atoms with E-state index in [0.717, 1.165) is 10.9 Å². The third-order valence-electron chi connectivity index (χ3n) is 3.70. The fourth-order valence-corrected chi connectivity index (χ4v) is 2.39. The molecule has 1 heterocycles. The summed E-state index contributed by atoms with van der Waals surface area (Å²) in [4.78, 5) is 14.0. The van der Waals surface area contributed by atoms with Gasteiger partial charge in [-0.1, -0.05) is 29.4 Å². The van der Waals surface area contributed by atoms with E-state index >= 15 is 0 Å². The molecule has 0 bridgehead atoms. The fourth-order valence-electron chi connectivity index (χ4n) is 2.39. The number of aromatic nitrogens is 1. The van der Waals surface area contributed by atoms with Gasteiger partial charge < -0.3 is 9.42 Å². The zero-order valence-corrected chi connectivity index (χ0v) is 12.7. The predicted octanol–water partition coefficient (Wildman–Crippen LogP) is 2.90. The van der Waals surface area contributed by atoms with Crippen LogP contribution in [0.5, 0.6) is 0 Å². The Labute approximate surface area is 133 Å². The van der Waals surface area contributed by atoms with Crippen molar-refractivity contribution in [2.24, 2.45) is 0 Å². The van der Waals surface area contributed by atoms with Crippen molar-refractivity contribution in [2.45, 2.75) is 13.0 Å². The summed E-state index contributed by atoms with van der Waals surface area (Å²) in [7, 11) is 1.75. The minimum atomic E-state index is -0.0339. The number of carbonyl (C=O) groups is 1. The van der Waals surface area contributed by atoms with Gasteiger partial charge in [-0.3, -0.25) is 4.79 Å². The number of nitriles is 1. The number of nitrogens with zero attached hydrogens (tertiary/aromatic N) is 3. The molecule has 0 spiro atoms. The van der Waals surface area contributed by atoms with Crippen molar-refractivity contribution < 1.29 is 9.32 Å². The molecule has 1 aromatic heterocycles. The Hall–Kier alpha value is -3.13. The minimum Gasteiger partial charge on any atom is -0.356 e. The van der Waals surface area contributed by atoms with Gasteiger partial charge in [-0.25, -0.2) is 0 Å². The zero-order valence-electron chi connectivity index (χ0n) is 12.7. The summed E-state index contributed by atoms with van der Waals surface area (Å²) in [5.74, 6) is -0.0339. The van der Waals surface area contributed by atoms with E-state index in [-0.39, 0.29) is 12.3 Å². The van der Waals surface area contributed by atoms with Gasteiger partial charge in [0.2, 0.25) is 5.91 Å². The van der Waals surface area contributed by atoms with Gasteiger partial charge >= 0.3 is 0 Å². The molecule has 23 heavy (non-hydrogen) atoms. The molecular weight excluding hydrogens is 290 g/mol. The van der Waals surface area contributed by atoms with Gasteiger partial charge in [0.25, 0.3) is 0 Å². The van der Waals surface area contributed by atoms with Crippen LogP contribution in [0.2, 0.25) is 0 Å². The van der Waals surface area contributed by atoms with E-state index in [4.69, 9.17) is 9.78 Å². The fraction of sp³-hybridized carbons (Fsp3) is 0.167. The van der Waals surface area contributed by atoms with Crippen LogP contribution in [0.15, 0.2) is 53.1 Å². The molecule has 1 amide bonds. The maximum Gasteiger partial charge on any atom is 0.228 e. The molecule has 3 rings (SSSR count). The largest absolute Gasteiger partial charge is 0.356 e. The van der Waals surface area contributed by atoms with Gasteiger partial charge in [0.15, 0.2) is 5.58 Å². The number of carbonyl (C=O) groups excluding carboxylic acids is 1. The molecule has 5 nitrogen and oxygen atoms in total. The van der Waals surface area contributed by atoms with E-state index in [1.54, 1.807) is 24.1 Å². The number of rotatable bonds is 4. The van der Waals surface area contributed by atoms with Gasteiger partial charge in [0.05, 0.1) is 18.1 Å². The molecule has 0 unspecified atom stereocenters. The average Bonchev–Trinajstić information content (AvgIpc) is 2.98. The highest BCUT2D eigenvalue weighted by Crippen LogP contribution is 2.18. The second kappa shape index (κ2) is 6.32. The Kier molecular flexibility index (Phi) is 4.07. The predicted molar refractivity (Wildman–Crippen MR) is 85.3 cm³/mol. The first-order chi connectivity index (χ1) is 11.2. The topological polar surface area (TPSA) is 70.1 Å². The first-order valence-corrected chi connectivity index (χ1v) is 7.23. The summed E-state index contributed by atoms with van der Waals surface area (Å²) in [6.45, 7) is 0.486. The number of hydrogen-bond donors (Lipinski definition) is 0. The lowest BCUT2D eigenvalue weighted by atomic mass is 10.1. The van der Waals surface area contributed by atoms with Crippen molar-refractivity contribution in [3.63, 3.8) is 0 Å². The first-order valence-electron chi connectivity index (χ1n) is 7.23. The van der Waals surface area contributed by atoms with E-state index in [1.165, 1.54) is 0 Å². The summed E-state index contributed by atoms with van der Waals surface area (Å²) in [6, 6.07) is 16.8. The molecule has 0 fully saturated rings.